The predicted molar refractivity (Wildman–Crippen MR) is 116 cm³/mol. The van der Waals surface area contributed by atoms with Crippen LogP contribution in [0, 0.1) is 0 Å². The van der Waals surface area contributed by atoms with E-state index in [1.807, 2.05) is 31.2 Å². The molecule has 1 unspecified atom stereocenters. The van der Waals surface area contributed by atoms with Gasteiger partial charge >= 0.3 is 6.03 Å². The molecule has 2 heterocycles. The number of morpholine rings is 1. The van der Waals surface area contributed by atoms with Crippen molar-refractivity contribution in [1.29, 1.82) is 0 Å². The molecule has 0 aliphatic carbocycles. The number of benzene rings is 2. The van der Waals surface area contributed by atoms with Crippen LogP contribution in [0.5, 0.6) is 0 Å². The van der Waals surface area contributed by atoms with E-state index in [9.17, 15) is 4.79 Å². The Hall–Kier alpha value is -2.57. The molecule has 2 aromatic rings. The molecule has 0 radical (unpaired) electrons. The monoisotopic (exact) mass is 412 g/mol. The number of rotatable bonds is 2. The van der Waals surface area contributed by atoms with Crippen molar-refractivity contribution < 1.29 is 9.53 Å². The summed E-state index contributed by atoms with van der Waals surface area (Å²) in [6.07, 6.45) is 0.729. The van der Waals surface area contributed by atoms with Gasteiger partial charge in [0.1, 0.15) is 0 Å². The minimum absolute atomic E-state index is 0.0623. The maximum absolute atomic E-state index is 12.5. The van der Waals surface area contributed by atoms with E-state index >= 15 is 0 Å². The molecule has 1 saturated heterocycles. The number of hydrazone groups is 1. The molecular weight excluding hydrogens is 388 g/mol. The van der Waals surface area contributed by atoms with Crippen LogP contribution in [0.4, 0.5) is 10.5 Å². The molecule has 6 nitrogen and oxygen atoms in total. The van der Waals surface area contributed by atoms with Crippen LogP contribution in [0.15, 0.2) is 47.6 Å². The average Bonchev–Trinajstić information content (AvgIpc) is 2.90. The van der Waals surface area contributed by atoms with Crippen LogP contribution >= 0.6 is 11.6 Å². The Kier molecular flexibility index (Phi) is 5.74. The molecule has 2 aliphatic heterocycles. The highest BCUT2D eigenvalue weighted by Crippen LogP contribution is 2.28. The van der Waals surface area contributed by atoms with Gasteiger partial charge in [-0.3, -0.25) is 0 Å². The molecule has 2 amide bonds. The van der Waals surface area contributed by atoms with Crippen LogP contribution in [0.2, 0.25) is 5.02 Å². The van der Waals surface area contributed by atoms with Crippen LogP contribution in [-0.4, -0.2) is 56.1 Å². The summed E-state index contributed by atoms with van der Waals surface area (Å²) in [5.74, 6) is 0. The zero-order valence-corrected chi connectivity index (χ0v) is 17.4. The lowest BCUT2D eigenvalue weighted by Crippen LogP contribution is -2.41. The molecule has 0 saturated carbocycles. The Morgan fingerprint density at radius 1 is 1.17 bits per heavy atom. The average molecular weight is 413 g/mol. The van der Waals surface area contributed by atoms with Gasteiger partial charge in [-0.15, -0.1) is 0 Å². The fourth-order valence-corrected chi connectivity index (χ4v) is 3.95. The molecule has 0 aromatic heterocycles. The van der Waals surface area contributed by atoms with Crippen molar-refractivity contribution in [3.05, 3.63) is 64.2 Å². The summed E-state index contributed by atoms with van der Waals surface area (Å²) in [6, 6.07) is 13.8. The van der Waals surface area contributed by atoms with E-state index < -0.39 is 0 Å². The molecule has 0 spiro atoms. The standard InChI is InChI=1S/C22H25ClN4O2/c1-15-13-17-5-8-19(26-9-11-29-12-10-26)14-20(17)21(25-27(15)22(28)24-2)16-3-6-18(23)7-4-16/h3-8,14-15H,9-13H2,1-2H3,(H,24,28). The Bertz CT molecular complexity index is 923. The first-order valence-electron chi connectivity index (χ1n) is 9.88. The maximum Gasteiger partial charge on any atom is 0.337 e. The van der Waals surface area contributed by atoms with Crippen LogP contribution in [0.25, 0.3) is 0 Å². The molecule has 1 fully saturated rings. The zero-order chi connectivity index (χ0) is 20.4. The highest BCUT2D eigenvalue weighted by Gasteiger charge is 2.27. The molecule has 1 atom stereocenters. The van der Waals surface area contributed by atoms with Crippen molar-refractivity contribution in [2.45, 2.75) is 19.4 Å². The van der Waals surface area contributed by atoms with Crippen molar-refractivity contribution >= 4 is 29.0 Å². The van der Waals surface area contributed by atoms with E-state index in [1.165, 1.54) is 5.56 Å². The number of anilines is 1. The van der Waals surface area contributed by atoms with Crippen LogP contribution in [0.1, 0.15) is 23.6 Å². The highest BCUT2D eigenvalue weighted by atomic mass is 35.5. The Morgan fingerprint density at radius 2 is 1.90 bits per heavy atom. The molecule has 0 bridgehead atoms. The van der Waals surface area contributed by atoms with Gasteiger partial charge in [-0.1, -0.05) is 29.8 Å². The number of carbonyl (C=O) groups excluding carboxylic acids is 1. The second-order valence-electron chi connectivity index (χ2n) is 7.35. The number of carbonyl (C=O) groups is 1. The molecule has 4 rings (SSSR count). The Morgan fingerprint density at radius 3 is 2.59 bits per heavy atom. The van der Waals surface area contributed by atoms with E-state index in [0.717, 1.165) is 55.3 Å². The minimum atomic E-state index is -0.217. The molecule has 29 heavy (non-hydrogen) atoms. The number of halogens is 1. The fourth-order valence-electron chi connectivity index (χ4n) is 3.83. The smallest absolute Gasteiger partial charge is 0.337 e. The van der Waals surface area contributed by atoms with Crippen molar-refractivity contribution in [1.82, 2.24) is 10.3 Å². The first-order valence-corrected chi connectivity index (χ1v) is 10.3. The number of urea groups is 1. The molecule has 152 valence electrons. The normalized spacial score (nSPS) is 19.3. The Balaban J connectivity index is 1.83. The molecule has 1 N–H and O–H groups in total. The van der Waals surface area contributed by atoms with E-state index in [4.69, 9.17) is 21.4 Å². The number of hydrogen-bond donors (Lipinski definition) is 1. The van der Waals surface area contributed by atoms with Gasteiger partial charge in [0.05, 0.1) is 25.0 Å². The lowest BCUT2D eigenvalue weighted by atomic mass is 9.94. The third kappa shape index (κ3) is 4.09. The summed E-state index contributed by atoms with van der Waals surface area (Å²) in [6.45, 7) is 5.22. The van der Waals surface area contributed by atoms with Crippen LogP contribution in [-0.2, 0) is 11.2 Å². The van der Waals surface area contributed by atoms with Gasteiger partial charge in [0.2, 0.25) is 0 Å². The largest absolute Gasteiger partial charge is 0.378 e. The van der Waals surface area contributed by atoms with Crippen LogP contribution in [0.3, 0.4) is 0 Å². The van der Waals surface area contributed by atoms with Gasteiger partial charge in [-0.2, -0.15) is 5.10 Å². The van der Waals surface area contributed by atoms with Crippen molar-refractivity contribution in [3.63, 3.8) is 0 Å². The topological polar surface area (TPSA) is 57.2 Å². The van der Waals surface area contributed by atoms with E-state index in [0.29, 0.717) is 5.02 Å². The second kappa shape index (κ2) is 8.43. The van der Waals surface area contributed by atoms with Crippen molar-refractivity contribution in [3.8, 4) is 0 Å². The molecular formula is C22H25ClN4O2. The van der Waals surface area contributed by atoms with Gasteiger partial charge in [0.25, 0.3) is 0 Å². The number of ether oxygens (including phenoxy) is 1. The maximum atomic E-state index is 12.5. The summed E-state index contributed by atoms with van der Waals surface area (Å²) in [5, 5.41) is 9.72. The zero-order valence-electron chi connectivity index (χ0n) is 16.7. The SMILES string of the molecule is CNC(=O)N1N=C(c2ccc(Cl)cc2)c2cc(N3CCOCC3)ccc2CC1C. The van der Waals surface area contributed by atoms with Gasteiger partial charge in [-0.05, 0) is 43.2 Å². The fraction of sp³-hybridized carbons (Fsp3) is 0.364. The van der Waals surface area contributed by atoms with Crippen molar-refractivity contribution in [2.24, 2.45) is 5.10 Å². The number of amides is 2. The van der Waals surface area contributed by atoms with Gasteiger partial charge in [0.15, 0.2) is 0 Å². The second-order valence-corrected chi connectivity index (χ2v) is 7.79. The molecule has 7 heteroatoms. The van der Waals surface area contributed by atoms with Gasteiger partial charge in [-0.25, -0.2) is 9.80 Å². The number of nitrogens with one attached hydrogen (secondary N) is 1. The predicted octanol–water partition coefficient (Wildman–Crippen LogP) is 3.52. The minimum Gasteiger partial charge on any atom is -0.378 e. The highest BCUT2D eigenvalue weighted by molar-refractivity contribution is 6.30. The van der Waals surface area contributed by atoms with Gasteiger partial charge < -0.3 is 15.0 Å². The third-order valence-corrected chi connectivity index (χ3v) is 5.66. The number of fused-ring (bicyclic) bond motifs is 1. The first-order chi connectivity index (χ1) is 14.1. The molecule has 2 aliphatic rings. The Labute approximate surface area is 176 Å². The summed E-state index contributed by atoms with van der Waals surface area (Å²) < 4.78 is 5.49. The van der Waals surface area contributed by atoms with E-state index in [1.54, 1.807) is 12.1 Å². The van der Waals surface area contributed by atoms with Gasteiger partial charge in [0, 0.05) is 42.0 Å². The van der Waals surface area contributed by atoms with Crippen LogP contribution < -0.4 is 10.2 Å². The quantitative estimate of drug-likeness (QED) is 0.821. The first kappa shape index (κ1) is 19.7. The van der Waals surface area contributed by atoms with E-state index in [2.05, 4.69) is 28.4 Å². The summed E-state index contributed by atoms with van der Waals surface area (Å²) in [7, 11) is 1.63. The number of hydrogen-bond acceptors (Lipinski definition) is 4. The lowest BCUT2D eigenvalue weighted by molar-refractivity contribution is 0.122. The lowest BCUT2D eigenvalue weighted by Gasteiger charge is -2.29. The summed E-state index contributed by atoms with van der Waals surface area (Å²) >= 11 is 6.10. The summed E-state index contributed by atoms with van der Waals surface area (Å²) in [5.41, 5.74) is 5.08. The summed E-state index contributed by atoms with van der Waals surface area (Å²) in [4.78, 5) is 14.8. The van der Waals surface area contributed by atoms with E-state index in [-0.39, 0.29) is 12.1 Å². The molecule has 2 aromatic carbocycles. The number of nitrogens with zero attached hydrogens (tertiary/aromatic N) is 3. The third-order valence-electron chi connectivity index (χ3n) is 5.40. The van der Waals surface area contributed by atoms with Crippen molar-refractivity contribution in [2.75, 3.05) is 38.3 Å².